The van der Waals surface area contributed by atoms with Gasteiger partial charge in [-0.3, -0.25) is 0 Å². The maximum atomic E-state index is 13.9. The summed E-state index contributed by atoms with van der Waals surface area (Å²) in [5.41, 5.74) is 0.721. The lowest BCUT2D eigenvalue weighted by Crippen LogP contribution is -2.38. The molecule has 0 spiro atoms. The van der Waals surface area contributed by atoms with Crippen LogP contribution in [0.3, 0.4) is 0 Å². The molecule has 0 bridgehead atoms. The third-order valence-corrected chi connectivity index (χ3v) is 4.17. The zero-order valence-electron chi connectivity index (χ0n) is 12.9. The Kier molecular flexibility index (Phi) is 8.16. The number of hydrogen-bond donors (Lipinski definition) is 1. The molecule has 0 aliphatic heterocycles. The zero-order chi connectivity index (χ0) is 15.0. The van der Waals surface area contributed by atoms with Crippen molar-refractivity contribution in [3.05, 3.63) is 34.6 Å². The van der Waals surface area contributed by atoms with Crippen LogP contribution in [-0.4, -0.2) is 12.6 Å². The van der Waals surface area contributed by atoms with E-state index in [2.05, 4.69) is 26.1 Å². The van der Waals surface area contributed by atoms with Gasteiger partial charge in [0.15, 0.2) is 0 Å². The molecular formula is C17H27ClFN. The first-order valence-corrected chi connectivity index (χ1v) is 8.17. The Labute approximate surface area is 127 Å². The number of likely N-dealkylation sites (N-methyl/N-ethyl adjacent to an activating group) is 1. The third kappa shape index (κ3) is 5.41. The van der Waals surface area contributed by atoms with Crippen LogP contribution >= 0.6 is 11.6 Å². The molecule has 0 aliphatic rings. The minimum Gasteiger partial charge on any atom is -0.314 e. The highest BCUT2D eigenvalue weighted by molar-refractivity contribution is 6.30. The van der Waals surface area contributed by atoms with Gasteiger partial charge in [-0.25, -0.2) is 4.39 Å². The van der Waals surface area contributed by atoms with Crippen LogP contribution in [-0.2, 0) is 6.42 Å². The average Bonchev–Trinajstić information content (AvgIpc) is 2.43. The number of halogens is 2. The van der Waals surface area contributed by atoms with Crippen molar-refractivity contribution in [2.24, 2.45) is 5.92 Å². The molecule has 0 amide bonds. The topological polar surface area (TPSA) is 12.0 Å². The van der Waals surface area contributed by atoms with Gasteiger partial charge in [0.1, 0.15) is 5.82 Å². The third-order valence-electron chi connectivity index (χ3n) is 3.94. The van der Waals surface area contributed by atoms with Gasteiger partial charge in [-0.05, 0) is 49.1 Å². The highest BCUT2D eigenvalue weighted by Gasteiger charge is 2.20. The van der Waals surface area contributed by atoms with E-state index in [0.29, 0.717) is 23.4 Å². The monoisotopic (exact) mass is 299 g/mol. The predicted octanol–water partition coefficient (Wildman–Crippen LogP) is 5.22. The van der Waals surface area contributed by atoms with Crippen molar-refractivity contribution < 1.29 is 4.39 Å². The number of benzene rings is 1. The largest absolute Gasteiger partial charge is 0.314 e. The van der Waals surface area contributed by atoms with Crippen molar-refractivity contribution in [2.75, 3.05) is 6.54 Å². The lowest BCUT2D eigenvalue weighted by atomic mass is 9.87. The van der Waals surface area contributed by atoms with Crippen LogP contribution < -0.4 is 5.32 Å². The maximum Gasteiger partial charge on any atom is 0.126 e. The summed E-state index contributed by atoms with van der Waals surface area (Å²) in [5, 5.41) is 4.14. The van der Waals surface area contributed by atoms with Crippen molar-refractivity contribution in [3.63, 3.8) is 0 Å². The number of nitrogens with one attached hydrogen (secondary N) is 1. The summed E-state index contributed by atoms with van der Waals surface area (Å²) in [6.07, 6.45) is 5.48. The van der Waals surface area contributed by atoms with Crippen molar-refractivity contribution in [1.29, 1.82) is 0 Å². The Balaban J connectivity index is 2.81. The van der Waals surface area contributed by atoms with Crippen LogP contribution in [0, 0.1) is 11.7 Å². The maximum absolute atomic E-state index is 13.9. The fraction of sp³-hybridized carbons (Fsp3) is 0.647. The number of unbranched alkanes of at least 4 members (excludes halogenated alkanes) is 1. The van der Waals surface area contributed by atoms with Gasteiger partial charge in [0.05, 0.1) is 0 Å². The van der Waals surface area contributed by atoms with Crippen LogP contribution in [0.15, 0.2) is 18.2 Å². The highest BCUT2D eigenvalue weighted by Crippen LogP contribution is 2.23. The molecule has 0 saturated carbocycles. The summed E-state index contributed by atoms with van der Waals surface area (Å²) in [6.45, 7) is 7.45. The first kappa shape index (κ1) is 17.5. The molecule has 0 heterocycles. The summed E-state index contributed by atoms with van der Waals surface area (Å²) < 4.78 is 13.9. The molecule has 1 N–H and O–H groups in total. The predicted molar refractivity (Wildman–Crippen MR) is 85.9 cm³/mol. The second-order valence-corrected chi connectivity index (χ2v) is 5.85. The second-order valence-electron chi connectivity index (χ2n) is 5.41. The second kappa shape index (κ2) is 9.36. The molecule has 3 heteroatoms. The average molecular weight is 300 g/mol. The molecule has 0 radical (unpaired) electrons. The van der Waals surface area contributed by atoms with Gasteiger partial charge in [-0.15, -0.1) is 0 Å². The fourth-order valence-corrected chi connectivity index (χ4v) is 2.96. The Morgan fingerprint density at radius 1 is 1.25 bits per heavy atom. The van der Waals surface area contributed by atoms with E-state index in [1.54, 1.807) is 12.1 Å². The number of hydrogen-bond acceptors (Lipinski definition) is 1. The van der Waals surface area contributed by atoms with Crippen molar-refractivity contribution in [3.8, 4) is 0 Å². The van der Waals surface area contributed by atoms with Crippen molar-refractivity contribution >= 4 is 11.6 Å². The normalized spacial score (nSPS) is 14.2. The Morgan fingerprint density at radius 3 is 2.60 bits per heavy atom. The van der Waals surface area contributed by atoms with E-state index >= 15 is 0 Å². The molecular weight excluding hydrogens is 273 g/mol. The van der Waals surface area contributed by atoms with Gasteiger partial charge in [0.2, 0.25) is 0 Å². The van der Waals surface area contributed by atoms with Gasteiger partial charge in [-0.2, -0.15) is 0 Å². The van der Waals surface area contributed by atoms with Crippen molar-refractivity contribution in [1.82, 2.24) is 5.32 Å². The van der Waals surface area contributed by atoms with E-state index in [9.17, 15) is 4.39 Å². The quantitative estimate of drug-likeness (QED) is 0.659. The zero-order valence-corrected chi connectivity index (χ0v) is 13.6. The molecule has 0 saturated heterocycles. The molecule has 1 aromatic rings. The molecule has 1 rings (SSSR count). The molecule has 20 heavy (non-hydrogen) atoms. The molecule has 1 nitrogen and oxygen atoms in total. The Morgan fingerprint density at radius 2 is 2.00 bits per heavy atom. The van der Waals surface area contributed by atoms with Gasteiger partial charge >= 0.3 is 0 Å². The SMILES string of the molecule is CCCCC(CC)C(Cc1cc(Cl)ccc1F)NCC. The van der Waals surface area contributed by atoms with E-state index in [1.165, 1.54) is 25.3 Å². The first-order valence-electron chi connectivity index (χ1n) is 7.79. The van der Waals surface area contributed by atoms with Gasteiger partial charge < -0.3 is 5.32 Å². The van der Waals surface area contributed by atoms with Crippen LogP contribution in [0.4, 0.5) is 4.39 Å². The molecule has 0 fully saturated rings. The Bertz CT molecular complexity index is 395. The van der Waals surface area contributed by atoms with Crippen LogP contribution in [0.25, 0.3) is 0 Å². The molecule has 1 aromatic carbocycles. The molecule has 2 atom stereocenters. The van der Waals surface area contributed by atoms with Gasteiger partial charge in [-0.1, -0.05) is 51.6 Å². The van der Waals surface area contributed by atoms with Crippen LogP contribution in [0.2, 0.25) is 5.02 Å². The van der Waals surface area contributed by atoms with Crippen molar-refractivity contribution in [2.45, 2.75) is 58.9 Å². The van der Waals surface area contributed by atoms with E-state index in [-0.39, 0.29) is 5.82 Å². The lowest BCUT2D eigenvalue weighted by molar-refractivity contribution is 0.317. The molecule has 0 aromatic heterocycles. The highest BCUT2D eigenvalue weighted by atomic mass is 35.5. The summed E-state index contributed by atoms with van der Waals surface area (Å²) >= 11 is 5.99. The minimum atomic E-state index is -0.150. The molecule has 0 aliphatic carbocycles. The summed E-state index contributed by atoms with van der Waals surface area (Å²) in [5.74, 6) is 0.441. The lowest BCUT2D eigenvalue weighted by Gasteiger charge is -2.27. The summed E-state index contributed by atoms with van der Waals surface area (Å²) in [6, 6.07) is 5.16. The number of rotatable bonds is 9. The molecule has 2 unspecified atom stereocenters. The van der Waals surface area contributed by atoms with E-state index in [0.717, 1.165) is 18.5 Å². The smallest absolute Gasteiger partial charge is 0.126 e. The fourth-order valence-electron chi connectivity index (χ4n) is 2.76. The summed E-state index contributed by atoms with van der Waals surface area (Å²) in [7, 11) is 0. The first-order chi connectivity index (χ1) is 9.62. The Hall–Kier alpha value is -0.600. The van der Waals surface area contributed by atoms with E-state index in [4.69, 9.17) is 11.6 Å². The van der Waals surface area contributed by atoms with Gasteiger partial charge in [0.25, 0.3) is 0 Å². The van der Waals surface area contributed by atoms with E-state index in [1.807, 2.05) is 0 Å². The summed E-state index contributed by atoms with van der Waals surface area (Å²) in [4.78, 5) is 0. The standard InChI is InChI=1S/C17H27ClFN/c1-4-7-8-13(5-2)17(20-6-3)12-14-11-15(18)9-10-16(14)19/h9-11,13,17,20H,4-8,12H2,1-3H3. The molecule has 114 valence electrons. The van der Waals surface area contributed by atoms with Crippen LogP contribution in [0.1, 0.15) is 52.0 Å². The van der Waals surface area contributed by atoms with Gasteiger partial charge in [0, 0.05) is 11.1 Å². The van der Waals surface area contributed by atoms with E-state index < -0.39 is 0 Å². The minimum absolute atomic E-state index is 0.150. The van der Waals surface area contributed by atoms with Crippen LogP contribution in [0.5, 0.6) is 0 Å².